The Morgan fingerprint density at radius 3 is 2.56 bits per heavy atom. The minimum Gasteiger partial charge on any atom is -0.490 e. The number of carbonyl (C=O) groups is 1. The van der Waals surface area contributed by atoms with Crippen molar-refractivity contribution in [2.24, 2.45) is 4.99 Å². The van der Waals surface area contributed by atoms with Crippen LogP contribution in [0.5, 0.6) is 5.75 Å². The van der Waals surface area contributed by atoms with E-state index in [2.05, 4.69) is 16.9 Å². The molecule has 1 heterocycles. The first-order valence-corrected chi connectivity index (χ1v) is 8.66. The van der Waals surface area contributed by atoms with Gasteiger partial charge in [0.25, 0.3) is 5.91 Å². The van der Waals surface area contributed by atoms with Gasteiger partial charge < -0.3 is 10.1 Å². The second-order valence-corrected chi connectivity index (χ2v) is 6.52. The fourth-order valence-corrected chi connectivity index (χ4v) is 3.03. The summed E-state index contributed by atoms with van der Waals surface area (Å²) in [6.07, 6.45) is 3.54. The highest BCUT2D eigenvalue weighted by molar-refractivity contribution is 8.18. The van der Waals surface area contributed by atoms with E-state index in [1.54, 1.807) is 6.08 Å². The summed E-state index contributed by atoms with van der Waals surface area (Å²) in [6.45, 7) is 6.11. The molecule has 4 nitrogen and oxygen atoms in total. The van der Waals surface area contributed by atoms with Crippen LogP contribution in [0.1, 0.15) is 11.1 Å². The number of thioether (sulfide) groups is 1. The molecule has 0 spiro atoms. The molecule has 1 N–H and O–H groups in total. The highest BCUT2D eigenvalue weighted by atomic mass is 32.2. The Balaban J connectivity index is 1.72. The molecule has 126 valence electrons. The van der Waals surface area contributed by atoms with Crippen LogP contribution in [0.25, 0.3) is 6.08 Å². The van der Waals surface area contributed by atoms with Crippen LogP contribution in [0.15, 0.2) is 71.1 Å². The third kappa shape index (κ3) is 4.61. The average molecular weight is 350 g/mol. The first kappa shape index (κ1) is 17.0. The average Bonchev–Trinajstić information content (AvgIpc) is 2.95. The number of amides is 1. The maximum absolute atomic E-state index is 12.1. The van der Waals surface area contributed by atoms with Gasteiger partial charge in [0.15, 0.2) is 5.17 Å². The van der Waals surface area contributed by atoms with E-state index in [0.29, 0.717) is 16.7 Å². The zero-order chi connectivity index (χ0) is 17.6. The lowest BCUT2D eigenvalue weighted by Gasteiger charge is -2.03. The van der Waals surface area contributed by atoms with Crippen LogP contribution in [0, 0.1) is 6.92 Å². The lowest BCUT2D eigenvalue weighted by molar-refractivity contribution is -0.115. The van der Waals surface area contributed by atoms with Gasteiger partial charge in [0, 0.05) is 0 Å². The van der Waals surface area contributed by atoms with E-state index in [-0.39, 0.29) is 5.91 Å². The Morgan fingerprint density at radius 1 is 1.16 bits per heavy atom. The van der Waals surface area contributed by atoms with Gasteiger partial charge >= 0.3 is 0 Å². The Morgan fingerprint density at radius 2 is 1.88 bits per heavy atom. The SMILES string of the molecule is C=CCOc1ccc(C=C2SC(=Nc3ccc(C)cc3)NC2=O)cc1. The van der Waals surface area contributed by atoms with Crippen molar-refractivity contribution < 1.29 is 9.53 Å². The van der Waals surface area contributed by atoms with Crippen molar-refractivity contribution in [3.05, 3.63) is 77.2 Å². The number of nitrogens with one attached hydrogen (secondary N) is 1. The van der Waals surface area contributed by atoms with E-state index in [9.17, 15) is 4.79 Å². The molecule has 0 aromatic heterocycles. The Hall–Kier alpha value is -2.79. The molecule has 0 aliphatic carbocycles. The van der Waals surface area contributed by atoms with Crippen molar-refractivity contribution in [2.75, 3.05) is 6.61 Å². The Kier molecular flexibility index (Phi) is 5.36. The molecule has 1 amide bonds. The van der Waals surface area contributed by atoms with E-state index in [1.807, 2.05) is 61.5 Å². The number of hydrogen-bond acceptors (Lipinski definition) is 4. The smallest absolute Gasteiger partial charge is 0.264 e. The standard InChI is InChI=1S/C20H18N2O2S/c1-3-12-24-17-10-6-15(7-11-17)13-18-19(23)22-20(25-18)21-16-8-4-14(2)5-9-16/h3-11,13H,1,12H2,2H3,(H,21,22,23). The molecular formula is C20H18N2O2S. The summed E-state index contributed by atoms with van der Waals surface area (Å²) in [4.78, 5) is 17.2. The van der Waals surface area contributed by atoms with Crippen molar-refractivity contribution in [1.82, 2.24) is 5.32 Å². The first-order chi connectivity index (χ1) is 12.1. The second kappa shape index (κ2) is 7.85. The van der Waals surface area contributed by atoms with Crippen LogP contribution in [-0.4, -0.2) is 17.7 Å². The van der Waals surface area contributed by atoms with E-state index >= 15 is 0 Å². The van der Waals surface area contributed by atoms with Gasteiger partial charge in [0.2, 0.25) is 0 Å². The maximum atomic E-state index is 12.1. The molecule has 1 saturated heterocycles. The molecule has 2 aromatic carbocycles. The van der Waals surface area contributed by atoms with E-state index in [4.69, 9.17) is 4.74 Å². The number of ether oxygens (including phenoxy) is 1. The number of rotatable bonds is 5. The number of nitrogens with zero attached hydrogens (tertiary/aromatic N) is 1. The van der Waals surface area contributed by atoms with E-state index in [0.717, 1.165) is 17.0 Å². The normalized spacial score (nSPS) is 16.9. The van der Waals surface area contributed by atoms with Crippen LogP contribution >= 0.6 is 11.8 Å². The van der Waals surface area contributed by atoms with Crippen LogP contribution in [0.4, 0.5) is 5.69 Å². The lowest BCUT2D eigenvalue weighted by atomic mass is 10.2. The number of aryl methyl sites for hydroxylation is 1. The Bertz CT molecular complexity index is 837. The van der Waals surface area contributed by atoms with Crippen LogP contribution in [0.3, 0.4) is 0 Å². The third-order valence-corrected chi connectivity index (χ3v) is 4.37. The maximum Gasteiger partial charge on any atom is 0.264 e. The topological polar surface area (TPSA) is 50.7 Å². The summed E-state index contributed by atoms with van der Waals surface area (Å²) in [5.41, 5.74) is 2.92. The molecule has 3 rings (SSSR count). The summed E-state index contributed by atoms with van der Waals surface area (Å²) >= 11 is 1.34. The molecule has 5 heteroatoms. The zero-order valence-corrected chi connectivity index (χ0v) is 14.7. The summed E-state index contributed by atoms with van der Waals surface area (Å²) in [7, 11) is 0. The van der Waals surface area contributed by atoms with Gasteiger partial charge in [0.1, 0.15) is 12.4 Å². The number of carbonyl (C=O) groups excluding carboxylic acids is 1. The molecule has 25 heavy (non-hydrogen) atoms. The van der Waals surface area contributed by atoms with E-state index in [1.165, 1.54) is 17.3 Å². The van der Waals surface area contributed by atoms with Crippen LogP contribution in [-0.2, 0) is 4.79 Å². The number of benzene rings is 2. The predicted molar refractivity (Wildman–Crippen MR) is 104 cm³/mol. The van der Waals surface area contributed by atoms with Gasteiger partial charge in [-0.05, 0) is 54.6 Å². The van der Waals surface area contributed by atoms with Gasteiger partial charge in [-0.1, -0.05) is 42.5 Å². The monoisotopic (exact) mass is 350 g/mol. The van der Waals surface area contributed by atoms with Gasteiger partial charge in [-0.15, -0.1) is 0 Å². The first-order valence-electron chi connectivity index (χ1n) is 7.84. The van der Waals surface area contributed by atoms with E-state index < -0.39 is 0 Å². The molecule has 2 aromatic rings. The largest absolute Gasteiger partial charge is 0.490 e. The van der Waals surface area contributed by atoms with Crippen molar-refractivity contribution in [1.29, 1.82) is 0 Å². The number of amidine groups is 1. The zero-order valence-electron chi connectivity index (χ0n) is 13.9. The molecule has 0 unspecified atom stereocenters. The highest BCUT2D eigenvalue weighted by Gasteiger charge is 2.23. The lowest BCUT2D eigenvalue weighted by Crippen LogP contribution is -2.19. The summed E-state index contributed by atoms with van der Waals surface area (Å²) < 4.78 is 5.45. The molecule has 0 saturated carbocycles. The molecular weight excluding hydrogens is 332 g/mol. The number of aliphatic imine (C=N–C) groups is 1. The fourth-order valence-electron chi connectivity index (χ4n) is 2.18. The van der Waals surface area contributed by atoms with Gasteiger partial charge in [-0.25, -0.2) is 4.99 Å². The van der Waals surface area contributed by atoms with Crippen molar-refractivity contribution in [3.63, 3.8) is 0 Å². The fraction of sp³-hybridized carbons (Fsp3) is 0.100. The molecule has 1 aliphatic heterocycles. The summed E-state index contributed by atoms with van der Waals surface area (Å²) in [6, 6.07) is 15.4. The van der Waals surface area contributed by atoms with Crippen molar-refractivity contribution in [2.45, 2.75) is 6.92 Å². The summed E-state index contributed by atoms with van der Waals surface area (Å²) in [5.74, 6) is 0.634. The van der Waals surface area contributed by atoms with Gasteiger partial charge in [0.05, 0.1) is 10.6 Å². The molecule has 0 bridgehead atoms. The quantitative estimate of drug-likeness (QED) is 0.640. The molecule has 0 atom stereocenters. The van der Waals surface area contributed by atoms with Crippen molar-refractivity contribution in [3.8, 4) is 5.75 Å². The number of hydrogen-bond donors (Lipinski definition) is 1. The highest BCUT2D eigenvalue weighted by Crippen LogP contribution is 2.28. The minimum atomic E-state index is -0.136. The Labute approximate surface area is 151 Å². The molecule has 1 aliphatic rings. The minimum absolute atomic E-state index is 0.136. The van der Waals surface area contributed by atoms with Gasteiger partial charge in [-0.3, -0.25) is 4.79 Å². The molecule has 0 radical (unpaired) electrons. The van der Waals surface area contributed by atoms with Crippen molar-refractivity contribution >= 4 is 34.6 Å². The second-order valence-electron chi connectivity index (χ2n) is 5.49. The van der Waals surface area contributed by atoms with Crippen LogP contribution < -0.4 is 10.1 Å². The molecule has 1 fully saturated rings. The third-order valence-electron chi connectivity index (χ3n) is 3.46. The van der Waals surface area contributed by atoms with Gasteiger partial charge in [-0.2, -0.15) is 0 Å². The summed E-state index contributed by atoms with van der Waals surface area (Å²) in [5, 5.41) is 3.39. The van der Waals surface area contributed by atoms with Crippen LogP contribution in [0.2, 0.25) is 0 Å². The predicted octanol–water partition coefficient (Wildman–Crippen LogP) is 4.45.